The van der Waals surface area contributed by atoms with E-state index in [4.69, 9.17) is 13.6 Å². The van der Waals surface area contributed by atoms with Crippen LogP contribution in [0.2, 0.25) is 0 Å². The summed E-state index contributed by atoms with van der Waals surface area (Å²) >= 11 is 0. The third kappa shape index (κ3) is 3.43. The number of para-hydroxylation sites is 1. The minimum atomic E-state index is -0.686. The summed E-state index contributed by atoms with van der Waals surface area (Å²) in [6.07, 6.45) is 4.32. The van der Waals surface area contributed by atoms with Crippen molar-refractivity contribution in [1.29, 1.82) is 0 Å². The Balaban J connectivity index is 1.75. The van der Waals surface area contributed by atoms with Crippen LogP contribution in [0.25, 0.3) is 28.6 Å². The monoisotopic (exact) mass is 358 g/mol. The van der Waals surface area contributed by atoms with Crippen molar-refractivity contribution in [2.45, 2.75) is 0 Å². The van der Waals surface area contributed by atoms with Gasteiger partial charge in [-0.15, -0.1) is 0 Å². The zero-order chi connectivity index (χ0) is 18.6. The standard InChI is InChI=1S/C22H14O5/c23-19(13-12-15-7-2-1-3-8-15)27-22-20(24)16-9-4-5-10-17(16)26-21(22)18-11-6-14-25-18/h1-14H/b13-12+. The highest BCUT2D eigenvalue weighted by Gasteiger charge is 2.21. The van der Waals surface area contributed by atoms with Gasteiger partial charge < -0.3 is 13.6 Å². The molecule has 2 aromatic heterocycles. The van der Waals surface area contributed by atoms with Crippen LogP contribution in [0.15, 0.2) is 92.7 Å². The molecule has 0 unspecified atom stereocenters. The van der Waals surface area contributed by atoms with E-state index in [9.17, 15) is 9.59 Å². The molecule has 5 heteroatoms. The Morgan fingerprint density at radius 2 is 1.70 bits per heavy atom. The van der Waals surface area contributed by atoms with Gasteiger partial charge in [0.05, 0.1) is 11.6 Å². The van der Waals surface area contributed by atoms with Gasteiger partial charge in [-0.05, 0) is 35.9 Å². The molecule has 2 aromatic carbocycles. The highest BCUT2D eigenvalue weighted by atomic mass is 16.5. The molecule has 0 aliphatic heterocycles. The molecule has 0 N–H and O–H groups in total. The van der Waals surface area contributed by atoms with Gasteiger partial charge in [-0.25, -0.2) is 4.79 Å². The predicted molar refractivity (Wildman–Crippen MR) is 101 cm³/mol. The molecule has 0 aliphatic carbocycles. The number of benzene rings is 2. The van der Waals surface area contributed by atoms with Crippen LogP contribution >= 0.6 is 0 Å². The van der Waals surface area contributed by atoms with Crippen molar-refractivity contribution in [3.05, 3.63) is 94.9 Å². The lowest BCUT2D eigenvalue weighted by molar-refractivity contribution is -0.129. The summed E-state index contributed by atoms with van der Waals surface area (Å²) in [6.45, 7) is 0. The lowest BCUT2D eigenvalue weighted by atomic mass is 10.2. The SMILES string of the molecule is O=C(/C=C/c1ccccc1)Oc1c(-c2ccco2)oc2ccccc2c1=O. The fourth-order valence-electron chi connectivity index (χ4n) is 2.65. The second-order valence-electron chi connectivity index (χ2n) is 5.73. The van der Waals surface area contributed by atoms with Crippen LogP contribution in [-0.2, 0) is 4.79 Å². The molecule has 0 bridgehead atoms. The molecule has 0 saturated heterocycles. The molecule has 4 rings (SSSR count). The van der Waals surface area contributed by atoms with Crippen molar-refractivity contribution in [3.63, 3.8) is 0 Å². The van der Waals surface area contributed by atoms with Gasteiger partial charge in [0.15, 0.2) is 5.76 Å². The van der Waals surface area contributed by atoms with Crippen LogP contribution in [0, 0.1) is 0 Å². The third-order valence-corrected chi connectivity index (χ3v) is 3.92. The molecule has 0 saturated carbocycles. The molecule has 0 atom stereocenters. The van der Waals surface area contributed by atoms with Crippen molar-refractivity contribution in [2.75, 3.05) is 0 Å². The number of hydrogen-bond acceptors (Lipinski definition) is 5. The Bertz CT molecular complexity index is 1170. The normalized spacial score (nSPS) is 11.1. The zero-order valence-corrected chi connectivity index (χ0v) is 14.1. The first-order valence-corrected chi connectivity index (χ1v) is 8.27. The number of rotatable bonds is 4. The van der Waals surface area contributed by atoms with E-state index in [1.165, 1.54) is 12.3 Å². The summed E-state index contributed by atoms with van der Waals surface area (Å²) in [4.78, 5) is 25.1. The number of carbonyl (C=O) groups excluding carboxylic acids is 1. The van der Waals surface area contributed by atoms with E-state index in [2.05, 4.69) is 0 Å². The fraction of sp³-hybridized carbons (Fsp3) is 0. The average molecular weight is 358 g/mol. The molecule has 0 radical (unpaired) electrons. The number of ether oxygens (including phenoxy) is 1. The molecular weight excluding hydrogens is 344 g/mol. The molecule has 132 valence electrons. The Hall–Kier alpha value is -3.86. The number of carbonyl (C=O) groups is 1. The molecule has 0 aliphatic rings. The van der Waals surface area contributed by atoms with Crippen LogP contribution in [0.1, 0.15) is 5.56 Å². The van der Waals surface area contributed by atoms with E-state index in [1.807, 2.05) is 30.3 Å². The maximum atomic E-state index is 12.9. The van der Waals surface area contributed by atoms with Crippen molar-refractivity contribution in [3.8, 4) is 17.3 Å². The number of esters is 1. The van der Waals surface area contributed by atoms with Crippen LogP contribution < -0.4 is 10.2 Å². The van der Waals surface area contributed by atoms with Gasteiger partial charge in [-0.1, -0.05) is 42.5 Å². The van der Waals surface area contributed by atoms with Crippen molar-refractivity contribution in [2.24, 2.45) is 0 Å². The minimum absolute atomic E-state index is 0.0742. The van der Waals surface area contributed by atoms with Crippen LogP contribution in [0.3, 0.4) is 0 Å². The van der Waals surface area contributed by atoms with E-state index >= 15 is 0 Å². The van der Waals surface area contributed by atoms with Gasteiger partial charge in [0.1, 0.15) is 5.58 Å². The van der Waals surface area contributed by atoms with E-state index in [1.54, 1.807) is 42.5 Å². The number of hydrogen-bond donors (Lipinski definition) is 0. The fourth-order valence-corrected chi connectivity index (χ4v) is 2.65. The summed E-state index contributed by atoms with van der Waals surface area (Å²) in [7, 11) is 0. The molecule has 2 heterocycles. The topological polar surface area (TPSA) is 69.7 Å². The molecule has 0 fully saturated rings. The highest BCUT2D eigenvalue weighted by Crippen LogP contribution is 2.31. The molecule has 27 heavy (non-hydrogen) atoms. The van der Waals surface area contributed by atoms with Crippen LogP contribution in [-0.4, -0.2) is 5.97 Å². The van der Waals surface area contributed by atoms with E-state index in [-0.39, 0.29) is 11.5 Å². The van der Waals surface area contributed by atoms with Gasteiger partial charge in [-0.2, -0.15) is 0 Å². The number of furan rings is 1. The average Bonchev–Trinajstić information content (AvgIpc) is 3.24. The van der Waals surface area contributed by atoms with Gasteiger partial charge in [0.25, 0.3) is 0 Å². The van der Waals surface area contributed by atoms with E-state index in [0.29, 0.717) is 16.7 Å². The Kier molecular flexibility index (Phi) is 4.41. The second kappa shape index (κ2) is 7.17. The zero-order valence-electron chi connectivity index (χ0n) is 14.1. The van der Waals surface area contributed by atoms with Gasteiger partial charge in [-0.3, -0.25) is 4.79 Å². The maximum absolute atomic E-state index is 12.9. The predicted octanol–water partition coefficient (Wildman–Crippen LogP) is 4.67. The Morgan fingerprint density at radius 3 is 2.48 bits per heavy atom. The van der Waals surface area contributed by atoms with Gasteiger partial charge >= 0.3 is 5.97 Å². The van der Waals surface area contributed by atoms with Crippen LogP contribution in [0.5, 0.6) is 5.75 Å². The lowest BCUT2D eigenvalue weighted by Crippen LogP contribution is -2.14. The Morgan fingerprint density at radius 1 is 0.926 bits per heavy atom. The first-order chi connectivity index (χ1) is 13.2. The largest absolute Gasteiger partial charge is 0.461 e. The van der Waals surface area contributed by atoms with Crippen molar-refractivity contribution in [1.82, 2.24) is 0 Å². The highest BCUT2D eigenvalue weighted by molar-refractivity contribution is 5.90. The molecule has 5 nitrogen and oxygen atoms in total. The van der Waals surface area contributed by atoms with Crippen LogP contribution in [0.4, 0.5) is 0 Å². The first kappa shape index (κ1) is 16.6. The third-order valence-electron chi connectivity index (χ3n) is 3.92. The first-order valence-electron chi connectivity index (χ1n) is 8.27. The Labute approximate surface area is 154 Å². The summed E-state index contributed by atoms with van der Waals surface area (Å²) in [5.41, 5.74) is 0.782. The number of fused-ring (bicyclic) bond motifs is 1. The second-order valence-corrected chi connectivity index (χ2v) is 5.73. The quantitative estimate of drug-likeness (QED) is 0.392. The summed E-state index contributed by atoms with van der Waals surface area (Å²) < 4.78 is 16.5. The lowest BCUT2D eigenvalue weighted by Gasteiger charge is -2.07. The summed E-state index contributed by atoms with van der Waals surface area (Å²) in [5.74, 6) is -0.515. The van der Waals surface area contributed by atoms with E-state index in [0.717, 1.165) is 5.56 Å². The van der Waals surface area contributed by atoms with Gasteiger partial charge in [0, 0.05) is 6.08 Å². The molecule has 0 spiro atoms. The summed E-state index contributed by atoms with van der Waals surface area (Å²) in [5, 5.41) is 0.322. The summed E-state index contributed by atoms with van der Waals surface area (Å²) in [6, 6.07) is 19.3. The molecule has 0 amide bonds. The maximum Gasteiger partial charge on any atom is 0.336 e. The van der Waals surface area contributed by atoms with E-state index < -0.39 is 11.4 Å². The van der Waals surface area contributed by atoms with Gasteiger partial charge in [0.2, 0.25) is 16.9 Å². The molecule has 4 aromatic rings. The molecular formula is C22H14O5. The smallest absolute Gasteiger partial charge is 0.336 e. The van der Waals surface area contributed by atoms with Crippen molar-refractivity contribution >= 4 is 23.0 Å². The van der Waals surface area contributed by atoms with Crippen molar-refractivity contribution < 1.29 is 18.4 Å². The minimum Gasteiger partial charge on any atom is -0.461 e.